The van der Waals surface area contributed by atoms with Crippen LogP contribution in [0, 0.1) is 17.6 Å². The third kappa shape index (κ3) is 7.23. The number of aromatic amines is 1. The molecule has 1 aliphatic rings. The maximum absolute atomic E-state index is 13.8. The monoisotopic (exact) mass is 538 g/mol. The van der Waals surface area contributed by atoms with E-state index in [1.165, 1.54) is 38.5 Å². The maximum Gasteiger partial charge on any atom is 0.254 e. The first-order valence-electron chi connectivity index (χ1n) is 12.7. The van der Waals surface area contributed by atoms with Gasteiger partial charge in [-0.1, -0.05) is 18.2 Å². The molecule has 0 radical (unpaired) electrons. The zero-order chi connectivity index (χ0) is 27.6. The van der Waals surface area contributed by atoms with Gasteiger partial charge >= 0.3 is 0 Å². The molecule has 206 valence electrons. The largest absolute Gasteiger partial charge is 0.496 e. The van der Waals surface area contributed by atoms with Crippen molar-refractivity contribution in [3.63, 3.8) is 0 Å². The van der Waals surface area contributed by atoms with Crippen LogP contribution < -0.4 is 24.8 Å². The van der Waals surface area contributed by atoms with Gasteiger partial charge in [-0.3, -0.25) is 9.89 Å². The molecule has 1 saturated heterocycles. The van der Waals surface area contributed by atoms with Crippen molar-refractivity contribution in [1.29, 1.82) is 0 Å². The Labute approximate surface area is 225 Å². The normalized spacial score (nSPS) is 14.7. The molecular formula is C29H32F2N4O4. The van der Waals surface area contributed by atoms with E-state index >= 15 is 0 Å². The van der Waals surface area contributed by atoms with Crippen molar-refractivity contribution in [2.45, 2.75) is 19.4 Å². The van der Waals surface area contributed by atoms with Gasteiger partial charge in [0.1, 0.15) is 17.3 Å². The van der Waals surface area contributed by atoms with Gasteiger partial charge in [0.25, 0.3) is 5.91 Å². The molecule has 2 heterocycles. The second-order valence-electron chi connectivity index (χ2n) is 9.07. The lowest BCUT2D eigenvalue weighted by Crippen LogP contribution is -2.33. The first-order chi connectivity index (χ1) is 19.0. The average molecular weight is 539 g/mol. The fourth-order valence-electron chi connectivity index (χ4n) is 4.34. The van der Waals surface area contributed by atoms with Crippen molar-refractivity contribution >= 4 is 16.8 Å². The SMILES string of the molecule is COc1cccc(OC)c1CNC(=O)c1ccccc1F.Fc1cc2[nH]ncc2cc1OCC1CCCNC1. The topological polar surface area (TPSA) is 97.5 Å². The molecule has 3 N–H and O–H groups in total. The standard InChI is InChI=1S/C16H16FNO3.C13H16FN3O/c1-20-14-8-5-9-15(21-2)12(14)10-18-16(19)11-6-3-4-7-13(11)17;14-11-5-12-10(7-16-17-12)4-13(11)18-8-9-2-1-3-15-6-9/h3-9H,10H2,1-2H3,(H,18,19);4-5,7,9,15H,1-3,6,8H2,(H,16,17). The molecule has 0 spiro atoms. The Morgan fingerprint density at radius 3 is 2.49 bits per heavy atom. The smallest absolute Gasteiger partial charge is 0.254 e. The molecule has 0 bridgehead atoms. The summed E-state index contributed by atoms with van der Waals surface area (Å²) in [4.78, 5) is 12.0. The summed E-state index contributed by atoms with van der Waals surface area (Å²) >= 11 is 0. The number of rotatable bonds is 8. The van der Waals surface area contributed by atoms with E-state index in [9.17, 15) is 13.6 Å². The van der Waals surface area contributed by atoms with Crippen molar-refractivity contribution in [3.05, 3.63) is 83.6 Å². The Hall–Kier alpha value is -4.18. The predicted octanol–water partition coefficient (Wildman–Crippen LogP) is 4.85. The number of carbonyl (C=O) groups excluding carboxylic acids is 1. The first kappa shape index (κ1) is 27.8. The van der Waals surface area contributed by atoms with Crippen LogP contribution in [-0.2, 0) is 6.54 Å². The highest BCUT2D eigenvalue weighted by Crippen LogP contribution is 2.28. The molecule has 1 unspecified atom stereocenters. The van der Waals surface area contributed by atoms with Crippen LogP contribution in [0.3, 0.4) is 0 Å². The number of ether oxygens (including phenoxy) is 3. The fourth-order valence-corrected chi connectivity index (χ4v) is 4.34. The number of carbonyl (C=O) groups is 1. The number of fused-ring (bicyclic) bond motifs is 1. The van der Waals surface area contributed by atoms with Crippen molar-refractivity contribution in [1.82, 2.24) is 20.8 Å². The van der Waals surface area contributed by atoms with Gasteiger partial charge in [0, 0.05) is 23.9 Å². The van der Waals surface area contributed by atoms with E-state index in [1.54, 1.807) is 36.5 Å². The summed E-state index contributed by atoms with van der Waals surface area (Å²) in [5.41, 5.74) is 1.40. The Kier molecular flexibility index (Phi) is 9.69. The number of benzene rings is 3. The fraction of sp³-hybridized carbons (Fsp3) is 0.310. The third-order valence-corrected chi connectivity index (χ3v) is 6.44. The van der Waals surface area contributed by atoms with Crippen molar-refractivity contribution in [3.8, 4) is 17.2 Å². The Balaban J connectivity index is 0.000000183. The van der Waals surface area contributed by atoms with Crippen molar-refractivity contribution < 1.29 is 27.8 Å². The minimum absolute atomic E-state index is 0.00589. The molecule has 1 amide bonds. The zero-order valence-corrected chi connectivity index (χ0v) is 21.9. The lowest BCUT2D eigenvalue weighted by atomic mass is 10.0. The van der Waals surface area contributed by atoms with Gasteiger partial charge in [0.05, 0.1) is 50.2 Å². The molecule has 4 aromatic rings. The number of aromatic nitrogens is 2. The van der Waals surface area contributed by atoms with E-state index in [2.05, 4.69) is 20.8 Å². The highest BCUT2D eigenvalue weighted by Gasteiger charge is 2.16. The molecule has 0 saturated carbocycles. The lowest BCUT2D eigenvalue weighted by Gasteiger charge is -2.22. The van der Waals surface area contributed by atoms with Crippen LogP contribution in [0.4, 0.5) is 8.78 Å². The van der Waals surface area contributed by atoms with E-state index in [0.29, 0.717) is 40.9 Å². The molecule has 1 fully saturated rings. The average Bonchev–Trinajstić information content (AvgIpc) is 3.42. The van der Waals surface area contributed by atoms with Gasteiger partial charge in [0.2, 0.25) is 0 Å². The third-order valence-electron chi connectivity index (χ3n) is 6.44. The zero-order valence-electron chi connectivity index (χ0n) is 21.9. The van der Waals surface area contributed by atoms with Crippen LogP contribution in [0.5, 0.6) is 17.2 Å². The second-order valence-corrected chi connectivity index (χ2v) is 9.07. The molecule has 3 aromatic carbocycles. The van der Waals surface area contributed by atoms with Crippen LogP contribution in [0.25, 0.3) is 10.9 Å². The lowest BCUT2D eigenvalue weighted by molar-refractivity contribution is 0.0946. The summed E-state index contributed by atoms with van der Waals surface area (Å²) in [7, 11) is 3.08. The minimum atomic E-state index is -0.554. The Morgan fingerprint density at radius 1 is 1.03 bits per heavy atom. The van der Waals surface area contributed by atoms with E-state index in [0.717, 1.165) is 31.3 Å². The minimum Gasteiger partial charge on any atom is -0.496 e. The van der Waals surface area contributed by atoms with Crippen molar-refractivity contribution in [2.75, 3.05) is 33.9 Å². The van der Waals surface area contributed by atoms with E-state index in [1.807, 2.05) is 0 Å². The van der Waals surface area contributed by atoms with Gasteiger partial charge in [-0.15, -0.1) is 0 Å². The van der Waals surface area contributed by atoms with E-state index in [4.69, 9.17) is 14.2 Å². The van der Waals surface area contributed by atoms with Crippen LogP contribution in [-0.4, -0.2) is 50.0 Å². The molecule has 8 nitrogen and oxygen atoms in total. The van der Waals surface area contributed by atoms with Crippen LogP contribution in [0.2, 0.25) is 0 Å². The second kappa shape index (κ2) is 13.6. The molecule has 0 aliphatic carbocycles. The number of halogens is 2. The quantitative estimate of drug-likeness (QED) is 0.297. The number of nitrogens with one attached hydrogen (secondary N) is 3. The summed E-state index contributed by atoms with van der Waals surface area (Å²) in [6.45, 7) is 2.77. The summed E-state index contributed by atoms with van der Waals surface area (Å²) in [5.74, 6) is 0.609. The maximum atomic E-state index is 13.8. The summed E-state index contributed by atoms with van der Waals surface area (Å²) in [5, 5.41) is 13.5. The molecular weight excluding hydrogens is 506 g/mol. The summed E-state index contributed by atoms with van der Waals surface area (Å²) < 4.78 is 43.4. The molecule has 5 rings (SSSR count). The van der Waals surface area contributed by atoms with Gasteiger partial charge in [-0.2, -0.15) is 5.10 Å². The number of nitrogens with zero attached hydrogens (tertiary/aromatic N) is 1. The Morgan fingerprint density at radius 2 is 1.79 bits per heavy atom. The van der Waals surface area contributed by atoms with E-state index < -0.39 is 11.7 Å². The number of methoxy groups -OCH3 is 2. The van der Waals surface area contributed by atoms with E-state index in [-0.39, 0.29) is 17.9 Å². The van der Waals surface area contributed by atoms with Crippen LogP contribution in [0.1, 0.15) is 28.8 Å². The van der Waals surface area contributed by atoms with Gasteiger partial charge < -0.3 is 24.8 Å². The number of hydrogen-bond donors (Lipinski definition) is 3. The molecule has 10 heteroatoms. The van der Waals surface area contributed by atoms with Gasteiger partial charge in [-0.05, 0) is 49.7 Å². The summed E-state index contributed by atoms with van der Waals surface area (Å²) in [6, 6.07) is 14.3. The summed E-state index contributed by atoms with van der Waals surface area (Å²) in [6.07, 6.45) is 3.98. The Bertz CT molecular complexity index is 1370. The highest BCUT2D eigenvalue weighted by atomic mass is 19.1. The number of hydrogen-bond acceptors (Lipinski definition) is 6. The highest BCUT2D eigenvalue weighted by molar-refractivity contribution is 5.94. The molecule has 1 aliphatic heterocycles. The van der Waals surface area contributed by atoms with Crippen LogP contribution in [0.15, 0.2) is 60.8 Å². The number of H-pyrrole nitrogens is 1. The van der Waals surface area contributed by atoms with Gasteiger partial charge in [-0.25, -0.2) is 8.78 Å². The van der Waals surface area contributed by atoms with Crippen LogP contribution >= 0.6 is 0 Å². The van der Waals surface area contributed by atoms with Crippen molar-refractivity contribution in [2.24, 2.45) is 5.92 Å². The van der Waals surface area contributed by atoms with Gasteiger partial charge in [0.15, 0.2) is 11.6 Å². The molecule has 1 atom stereocenters. The number of amides is 1. The molecule has 1 aromatic heterocycles. The predicted molar refractivity (Wildman–Crippen MR) is 144 cm³/mol. The molecule has 39 heavy (non-hydrogen) atoms. The number of piperidine rings is 1. The first-order valence-corrected chi connectivity index (χ1v) is 12.7.